The lowest BCUT2D eigenvalue weighted by Crippen LogP contribution is -2.06. The Morgan fingerprint density at radius 1 is 1.15 bits per heavy atom. The molecule has 5 heteroatoms. The molecule has 2 aromatic rings. The molecule has 1 unspecified atom stereocenters. The van der Waals surface area contributed by atoms with Crippen molar-refractivity contribution in [2.24, 2.45) is 0 Å². The number of rotatable bonds is 4. The maximum absolute atomic E-state index is 13.9. The first-order valence-corrected chi connectivity index (χ1v) is 6.44. The Morgan fingerprint density at radius 2 is 1.85 bits per heavy atom. The molecular weight excluding hydrogens is 281 g/mol. The van der Waals surface area contributed by atoms with Gasteiger partial charge in [-0.2, -0.15) is 0 Å². The zero-order chi connectivity index (χ0) is 14.7. The van der Waals surface area contributed by atoms with Gasteiger partial charge in [-0.3, -0.25) is 0 Å². The fourth-order valence-corrected chi connectivity index (χ4v) is 1.94. The summed E-state index contributed by atoms with van der Waals surface area (Å²) in [5, 5.41) is 0.459. The minimum absolute atomic E-state index is 0.376. The Hall–Kier alpha value is -1.94. The van der Waals surface area contributed by atoms with Gasteiger partial charge in [0.05, 0.1) is 17.8 Å². The molecule has 0 aliphatic rings. The maximum Gasteiger partial charge on any atom is 0.133 e. The first kappa shape index (κ1) is 14.5. The number of ether oxygens (including phenoxy) is 2. The van der Waals surface area contributed by atoms with Crippen LogP contribution in [0.3, 0.4) is 0 Å². The molecular formula is C15H15ClFNO2. The predicted octanol–water partition coefficient (Wildman–Crippen LogP) is 4.21. The van der Waals surface area contributed by atoms with E-state index in [1.807, 2.05) is 0 Å². The molecule has 0 bridgehead atoms. The highest BCUT2D eigenvalue weighted by molar-refractivity contribution is 6.33. The van der Waals surface area contributed by atoms with Gasteiger partial charge >= 0.3 is 0 Å². The van der Waals surface area contributed by atoms with Crippen LogP contribution in [-0.2, 0) is 0 Å². The van der Waals surface area contributed by atoms with Crippen LogP contribution in [0.4, 0.5) is 10.1 Å². The lowest BCUT2D eigenvalue weighted by atomic mass is 10.1. The number of halogens is 2. The summed E-state index contributed by atoms with van der Waals surface area (Å²) in [4.78, 5) is 0. The molecule has 0 fully saturated rings. The molecule has 1 atom stereocenters. The van der Waals surface area contributed by atoms with Crippen LogP contribution in [0.25, 0.3) is 0 Å². The quantitative estimate of drug-likeness (QED) is 0.859. The number of nitrogens with two attached hydrogens (primary N) is 1. The summed E-state index contributed by atoms with van der Waals surface area (Å²) in [5.41, 5.74) is 6.57. The fourth-order valence-electron chi connectivity index (χ4n) is 1.83. The van der Waals surface area contributed by atoms with Crippen LogP contribution in [0.5, 0.6) is 11.5 Å². The molecule has 0 saturated heterocycles. The molecule has 0 spiro atoms. The van der Waals surface area contributed by atoms with Crippen molar-refractivity contribution in [2.45, 2.75) is 13.0 Å². The van der Waals surface area contributed by atoms with E-state index in [0.717, 1.165) is 0 Å². The van der Waals surface area contributed by atoms with E-state index in [1.165, 1.54) is 13.2 Å². The summed E-state index contributed by atoms with van der Waals surface area (Å²) in [7, 11) is 1.49. The highest BCUT2D eigenvalue weighted by Crippen LogP contribution is 2.29. The zero-order valence-electron chi connectivity index (χ0n) is 11.2. The first-order valence-electron chi connectivity index (χ1n) is 6.06. The summed E-state index contributed by atoms with van der Waals surface area (Å²) >= 11 is 5.84. The normalized spacial score (nSPS) is 12.0. The van der Waals surface area contributed by atoms with Crippen molar-refractivity contribution in [3.63, 3.8) is 0 Å². The number of hydrogen-bond donors (Lipinski definition) is 1. The fraction of sp³-hybridized carbons (Fsp3) is 0.200. The molecule has 106 valence electrons. The number of methoxy groups -OCH3 is 1. The van der Waals surface area contributed by atoms with E-state index in [0.29, 0.717) is 27.8 Å². The second kappa shape index (κ2) is 6.01. The summed E-state index contributed by atoms with van der Waals surface area (Å²) in [6.45, 7) is 1.76. The molecule has 0 aliphatic carbocycles. The van der Waals surface area contributed by atoms with Gasteiger partial charge in [-0.25, -0.2) is 4.39 Å². The van der Waals surface area contributed by atoms with E-state index in [4.69, 9.17) is 26.8 Å². The topological polar surface area (TPSA) is 44.5 Å². The van der Waals surface area contributed by atoms with E-state index in [2.05, 4.69) is 0 Å². The summed E-state index contributed by atoms with van der Waals surface area (Å²) in [6, 6.07) is 9.60. The second-order valence-electron chi connectivity index (χ2n) is 4.33. The number of hydrogen-bond acceptors (Lipinski definition) is 3. The van der Waals surface area contributed by atoms with E-state index < -0.39 is 6.10 Å². The predicted molar refractivity (Wildman–Crippen MR) is 77.9 cm³/mol. The van der Waals surface area contributed by atoms with E-state index in [9.17, 15) is 4.39 Å². The van der Waals surface area contributed by atoms with Crippen LogP contribution in [0.1, 0.15) is 18.6 Å². The van der Waals surface area contributed by atoms with Crippen molar-refractivity contribution in [3.8, 4) is 11.5 Å². The highest BCUT2D eigenvalue weighted by Gasteiger charge is 2.14. The minimum Gasteiger partial charge on any atom is -0.497 e. The van der Waals surface area contributed by atoms with Crippen molar-refractivity contribution in [3.05, 3.63) is 52.8 Å². The van der Waals surface area contributed by atoms with E-state index in [1.54, 1.807) is 37.3 Å². The molecule has 0 aromatic heterocycles. The van der Waals surface area contributed by atoms with Gasteiger partial charge in [0.2, 0.25) is 0 Å². The lowest BCUT2D eigenvalue weighted by molar-refractivity contribution is 0.221. The largest absolute Gasteiger partial charge is 0.497 e. The summed E-state index contributed by atoms with van der Waals surface area (Å²) < 4.78 is 24.6. The molecule has 3 nitrogen and oxygen atoms in total. The highest BCUT2D eigenvalue weighted by atomic mass is 35.5. The number of anilines is 1. The zero-order valence-corrected chi connectivity index (χ0v) is 11.9. The molecule has 2 aromatic carbocycles. The Morgan fingerprint density at radius 3 is 2.45 bits per heavy atom. The first-order chi connectivity index (χ1) is 9.51. The number of nitrogen functional groups attached to an aromatic ring is 1. The minimum atomic E-state index is -0.457. The van der Waals surface area contributed by atoms with Crippen LogP contribution < -0.4 is 15.2 Å². The molecule has 0 aliphatic heterocycles. The van der Waals surface area contributed by atoms with E-state index >= 15 is 0 Å². The average molecular weight is 296 g/mol. The monoisotopic (exact) mass is 295 g/mol. The van der Waals surface area contributed by atoms with Gasteiger partial charge in [0.25, 0.3) is 0 Å². The summed E-state index contributed by atoms with van der Waals surface area (Å²) in [6.07, 6.45) is -0.457. The van der Waals surface area contributed by atoms with E-state index in [-0.39, 0.29) is 5.82 Å². The van der Waals surface area contributed by atoms with Crippen molar-refractivity contribution < 1.29 is 13.9 Å². The van der Waals surface area contributed by atoms with Crippen molar-refractivity contribution in [2.75, 3.05) is 12.8 Å². The third-order valence-corrected chi connectivity index (χ3v) is 3.27. The van der Waals surface area contributed by atoms with Gasteiger partial charge in [-0.05, 0) is 31.2 Å². The third kappa shape index (κ3) is 3.14. The molecule has 0 saturated carbocycles. The number of benzene rings is 2. The van der Waals surface area contributed by atoms with Crippen molar-refractivity contribution in [1.29, 1.82) is 0 Å². The van der Waals surface area contributed by atoms with Gasteiger partial charge in [0, 0.05) is 17.7 Å². The molecule has 0 heterocycles. The molecule has 2 rings (SSSR count). The second-order valence-corrected chi connectivity index (χ2v) is 4.74. The Labute approximate surface area is 122 Å². The van der Waals surface area contributed by atoms with Crippen LogP contribution in [0.2, 0.25) is 5.02 Å². The standard InChI is InChI=1S/C15H15ClFNO2/c1-9(12-5-3-10(19-2)7-14(12)17)20-11-4-6-13(16)15(18)8-11/h3-9H,18H2,1-2H3. The van der Waals surface area contributed by atoms with Crippen LogP contribution in [0.15, 0.2) is 36.4 Å². The molecule has 20 heavy (non-hydrogen) atoms. The van der Waals surface area contributed by atoms with Gasteiger partial charge in [-0.1, -0.05) is 11.6 Å². The van der Waals surface area contributed by atoms with Crippen LogP contribution >= 0.6 is 11.6 Å². The average Bonchev–Trinajstić information content (AvgIpc) is 2.42. The summed E-state index contributed by atoms with van der Waals surface area (Å²) in [5.74, 6) is 0.627. The van der Waals surface area contributed by atoms with Crippen LogP contribution in [-0.4, -0.2) is 7.11 Å². The van der Waals surface area contributed by atoms with Crippen molar-refractivity contribution >= 4 is 17.3 Å². The van der Waals surface area contributed by atoms with Gasteiger partial charge < -0.3 is 15.2 Å². The smallest absolute Gasteiger partial charge is 0.133 e. The van der Waals surface area contributed by atoms with Gasteiger partial charge in [0.1, 0.15) is 23.4 Å². The van der Waals surface area contributed by atoms with Gasteiger partial charge in [-0.15, -0.1) is 0 Å². The lowest BCUT2D eigenvalue weighted by Gasteiger charge is -2.16. The van der Waals surface area contributed by atoms with Crippen LogP contribution in [0, 0.1) is 5.82 Å². The molecule has 0 radical (unpaired) electrons. The third-order valence-electron chi connectivity index (χ3n) is 2.93. The SMILES string of the molecule is COc1ccc(C(C)Oc2ccc(Cl)c(N)c2)c(F)c1. The van der Waals surface area contributed by atoms with Crippen molar-refractivity contribution in [1.82, 2.24) is 0 Å². The Bertz CT molecular complexity index is 619. The Kier molecular flexibility index (Phi) is 4.35. The van der Waals surface area contributed by atoms with Gasteiger partial charge in [0.15, 0.2) is 0 Å². The molecule has 0 amide bonds. The Balaban J connectivity index is 2.19. The molecule has 2 N–H and O–H groups in total. The maximum atomic E-state index is 13.9.